The van der Waals surface area contributed by atoms with Crippen LogP contribution in [0, 0.1) is 13.8 Å². The van der Waals surface area contributed by atoms with Gasteiger partial charge in [0.2, 0.25) is 5.89 Å². The minimum absolute atomic E-state index is 0.406. The van der Waals surface area contributed by atoms with Crippen LogP contribution in [0.4, 0.5) is 0 Å². The third-order valence-corrected chi connectivity index (χ3v) is 4.88. The number of rotatable bonds is 5. The Morgan fingerprint density at radius 2 is 1.52 bits per heavy atom. The van der Waals surface area contributed by atoms with Crippen molar-refractivity contribution in [3.8, 4) is 11.5 Å². The second-order valence-corrected chi connectivity index (χ2v) is 7.18. The van der Waals surface area contributed by atoms with E-state index in [9.17, 15) is 4.21 Å². The highest BCUT2D eigenvalue weighted by atomic mass is 32.2. The predicted octanol–water partition coefficient (Wildman–Crippen LogP) is 4.41. The molecule has 23 heavy (non-hydrogen) atoms. The Kier molecular flexibility index (Phi) is 4.72. The Hall–Kier alpha value is -2.20. The van der Waals surface area contributed by atoms with Crippen molar-refractivity contribution in [1.29, 1.82) is 0 Å². The molecule has 0 spiro atoms. The van der Waals surface area contributed by atoms with E-state index in [0.29, 0.717) is 17.4 Å². The lowest BCUT2D eigenvalue weighted by molar-refractivity contribution is 0.573. The summed E-state index contributed by atoms with van der Waals surface area (Å²) in [5, 5.41) is 0. The molecule has 0 aliphatic carbocycles. The third-order valence-electron chi connectivity index (χ3n) is 3.61. The zero-order valence-electron chi connectivity index (χ0n) is 13.3. The van der Waals surface area contributed by atoms with E-state index in [1.165, 1.54) is 11.1 Å². The molecule has 0 N–H and O–H groups in total. The van der Waals surface area contributed by atoms with E-state index in [-0.39, 0.29) is 0 Å². The van der Waals surface area contributed by atoms with Crippen molar-refractivity contribution in [2.45, 2.75) is 25.4 Å². The summed E-state index contributed by atoms with van der Waals surface area (Å²) < 4.78 is 17.8. The third kappa shape index (κ3) is 4.17. The molecule has 118 valence electrons. The van der Waals surface area contributed by atoms with Crippen LogP contribution in [0.15, 0.2) is 59.2 Å². The van der Waals surface area contributed by atoms with Gasteiger partial charge < -0.3 is 4.42 Å². The summed E-state index contributed by atoms with van der Waals surface area (Å²) in [7, 11) is -0.998. The maximum absolute atomic E-state index is 12.3. The van der Waals surface area contributed by atoms with Gasteiger partial charge in [-0.1, -0.05) is 47.5 Å². The molecule has 0 aliphatic rings. The molecule has 0 saturated carbocycles. The van der Waals surface area contributed by atoms with Crippen LogP contribution in [0.2, 0.25) is 0 Å². The van der Waals surface area contributed by atoms with Crippen molar-refractivity contribution < 1.29 is 8.63 Å². The van der Waals surface area contributed by atoms with E-state index in [0.717, 1.165) is 16.8 Å². The highest BCUT2D eigenvalue weighted by molar-refractivity contribution is 7.83. The van der Waals surface area contributed by atoms with E-state index >= 15 is 0 Å². The molecular weight excluding hydrogens is 306 g/mol. The lowest BCUT2D eigenvalue weighted by atomic mass is 10.1. The minimum atomic E-state index is -0.998. The van der Waals surface area contributed by atoms with Gasteiger partial charge in [-0.2, -0.15) is 0 Å². The first kappa shape index (κ1) is 15.7. The molecule has 1 unspecified atom stereocenters. The van der Waals surface area contributed by atoms with Crippen LogP contribution in [-0.2, 0) is 22.3 Å². The SMILES string of the molecule is Cc1ccc(CS(=O)Cc2coc(-c3ccc(C)cc3)n2)cc1. The van der Waals surface area contributed by atoms with E-state index in [4.69, 9.17) is 4.42 Å². The maximum Gasteiger partial charge on any atom is 0.226 e. The highest BCUT2D eigenvalue weighted by Gasteiger charge is 2.10. The molecule has 1 heterocycles. The topological polar surface area (TPSA) is 43.1 Å². The van der Waals surface area contributed by atoms with Crippen molar-refractivity contribution in [3.05, 3.63) is 77.2 Å². The molecule has 1 aromatic heterocycles. The summed E-state index contributed by atoms with van der Waals surface area (Å²) in [5.41, 5.74) is 5.15. The predicted molar refractivity (Wildman–Crippen MR) is 93.4 cm³/mol. The Labute approximate surface area is 138 Å². The van der Waals surface area contributed by atoms with Gasteiger partial charge >= 0.3 is 0 Å². The van der Waals surface area contributed by atoms with Gasteiger partial charge in [0.05, 0.1) is 11.4 Å². The van der Waals surface area contributed by atoms with Crippen LogP contribution < -0.4 is 0 Å². The van der Waals surface area contributed by atoms with E-state index < -0.39 is 10.8 Å². The van der Waals surface area contributed by atoms with Gasteiger partial charge in [0.25, 0.3) is 0 Å². The molecule has 3 rings (SSSR count). The summed E-state index contributed by atoms with van der Waals surface area (Å²) in [6, 6.07) is 16.1. The molecule has 1 atom stereocenters. The van der Waals surface area contributed by atoms with Crippen molar-refractivity contribution >= 4 is 10.8 Å². The molecule has 4 heteroatoms. The largest absolute Gasteiger partial charge is 0.444 e. The van der Waals surface area contributed by atoms with Crippen LogP contribution in [0.1, 0.15) is 22.4 Å². The van der Waals surface area contributed by atoms with Crippen LogP contribution >= 0.6 is 0 Å². The van der Waals surface area contributed by atoms with Crippen LogP contribution in [-0.4, -0.2) is 9.19 Å². The smallest absolute Gasteiger partial charge is 0.226 e. The lowest BCUT2D eigenvalue weighted by Crippen LogP contribution is -2.00. The summed E-state index contributed by atoms with van der Waals surface area (Å²) in [6.07, 6.45) is 1.60. The summed E-state index contributed by atoms with van der Waals surface area (Å²) in [5.74, 6) is 1.52. The average Bonchev–Trinajstić information content (AvgIpc) is 2.98. The Bertz CT molecular complexity index is 804. The summed E-state index contributed by atoms with van der Waals surface area (Å²) >= 11 is 0. The Morgan fingerprint density at radius 1 is 0.913 bits per heavy atom. The number of benzene rings is 2. The second kappa shape index (κ2) is 6.92. The van der Waals surface area contributed by atoms with Gasteiger partial charge in [-0.3, -0.25) is 4.21 Å². The molecule has 3 aromatic rings. The standard InChI is InChI=1S/C19H19NO2S/c1-14-3-7-16(8-4-14)12-23(21)13-18-11-22-19(20-18)17-9-5-15(2)6-10-17/h3-11H,12-13H2,1-2H3. The van der Waals surface area contributed by atoms with Crippen molar-refractivity contribution in [1.82, 2.24) is 4.98 Å². The average molecular weight is 325 g/mol. The van der Waals surface area contributed by atoms with Crippen LogP contribution in [0.25, 0.3) is 11.5 Å². The fourth-order valence-electron chi connectivity index (χ4n) is 2.29. The molecule has 0 saturated heterocycles. The quantitative estimate of drug-likeness (QED) is 0.698. The summed E-state index contributed by atoms with van der Waals surface area (Å²) in [4.78, 5) is 4.45. The molecule has 3 nitrogen and oxygen atoms in total. The van der Waals surface area contributed by atoms with Crippen molar-refractivity contribution in [2.75, 3.05) is 0 Å². The highest BCUT2D eigenvalue weighted by Crippen LogP contribution is 2.20. The fourth-order valence-corrected chi connectivity index (χ4v) is 3.42. The van der Waals surface area contributed by atoms with Gasteiger partial charge in [0.1, 0.15) is 6.26 Å². The van der Waals surface area contributed by atoms with Gasteiger partial charge in [0.15, 0.2) is 0 Å². The van der Waals surface area contributed by atoms with Gasteiger partial charge in [-0.25, -0.2) is 4.98 Å². The maximum atomic E-state index is 12.3. The van der Waals surface area contributed by atoms with Crippen molar-refractivity contribution in [3.63, 3.8) is 0 Å². The van der Waals surface area contributed by atoms with E-state index in [2.05, 4.69) is 4.98 Å². The number of hydrogen-bond acceptors (Lipinski definition) is 3. The molecule has 0 fully saturated rings. The second-order valence-electron chi connectivity index (χ2n) is 5.72. The first-order valence-electron chi connectivity index (χ1n) is 7.52. The number of hydrogen-bond donors (Lipinski definition) is 0. The lowest BCUT2D eigenvalue weighted by Gasteiger charge is -2.01. The van der Waals surface area contributed by atoms with Gasteiger partial charge in [-0.15, -0.1) is 0 Å². The Balaban J connectivity index is 1.65. The zero-order chi connectivity index (χ0) is 16.2. The van der Waals surface area contributed by atoms with Crippen LogP contribution in [0.5, 0.6) is 0 Å². The molecule has 0 bridgehead atoms. The minimum Gasteiger partial charge on any atom is -0.444 e. The molecule has 2 aromatic carbocycles. The Morgan fingerprint density at radius 3 is 2.17 bits per heavy atom. The molecule has 0 amide bonds. The van der Waals surface area contributed by atoms with E-state index in [1.54, 1.807) is 6.26 Å². The molecule has 0 radical (unpaired) electrons. The molecular formula is C19H19NO2S. The molecule has 0 aliphatic heterocycles. The van der Waals surface area contributed by atoms with Crippen LogP contribution in [0.3, 0.4) is 0 Å². The monoisotopic (exact) mass is 325 g/mol. The zero-order valence-corrected chi connectivity index (χ0v) is 14.1. The summed E-state index contributed by atoms with van der Waals surface area (Å²) in [6.45, 7) is 4.09. The van der Waals surface area contributed by atoms with Crippen molar-refractivity contribution in [2.24, 2.45) is 0 Å². The number of aryl methyl sites for hydroxylation is 2. The fraction of sp³-hybridized carbons (Fsp3) is 0.211. The number of aromatic nitrogens is 1. The van der Waals surface area contributed by atoms with Gasteiger partial charge in [-0.05, 0) is 31.5 Å². The number of nitrogens with zero attached hydrogens (tertiary/aromatic N) is 1. The number of oxazole rings is 1. The van der Waals surface area contributed by atoms with E-state index in [1.807, 2.05) is 62.4 Å². The van der Waals surface area contributed by atoms with Gasteiger partial charge in [0, 0.05) is 22.1 Å². The normalized spacial score (nSPS) is 12.3. The first-order valence-corrected chi connectivity index (χ1v) is 9.01. The first-order chi connectivity index (χ1) is 11.1.